The Morgan fingerprint density at radius 1 is 1.10 bits per heavy atom. The number of nitrogens with zero attached hydrogens (tertiary/aromatic N) is 2. The van der Waals surface area contributed by atoms with Gasteiger partial charge in [0.25, 0.3) is 0 Å². The Bertz CT molecular complexity index is 666. The van der Waals surface area contributed by atoms with Gasteiger partial charge in [-0.25, -0.2) is 4.98 Å². The Balaban J connectivity index is 2.71. The molecule has 0 unspecified atom stereocenters. The molecule has 21 heavy (non-hydrogen) atoms. The van der Waals surface area contributed by atoms with Crippen molar-refractivity contribution in [2.75, 3.05) is 11.5 Å². The van der Waals surface area contributed by atoms with Gasteiger partial charge < -0.3 is 11.5 Å². The molecule has 7 heteroatoms. The third kappa shape index (κ3) is 3.07. The van der Waals surface area contributed by atoms with Crippen molar-refractivity contribution in [2.45, 2.75) is 25.9 Å². The number of hydrogen-bond acceptors (Lipinski definition) is 4. The van der Waals surface area contributed by atoms with Crippen LogP contribution in [-0.4, -0.2) is 9.97 Å². The molecule has 0 saturated carbocycles. The monoisotopic (exact) mass is 296 g/mol. The lowest BCUT2D eigenvalue weighted by Crippen LogP contribution is -2.15. The van der Waals surface area contributed by atoms with Gasteiger partial charge in [0, 0.05) is 5.56 Å². The molecule has 0 aliphatic carbocycles. The first-order valence-corrected chi connectivity index (χ1v) is 6.30. The van der Waals surface area contributed by atoms with Crippen molar-refractivity contribution >= 4 is 11.8 Å². The first-order valence-electron chi connectivity index (χ1n) is 6.30. The fourth-order valence-corrected chi connectivity index (χ4v) is 2.03. The molecule has 0 bridgehead atoms. The van der Waals surface area contributed by atoms with Crippen molar-refractivity contribution in [3.63, 3.8) is 0 Å². The number of nitrogens with two attached hydrogens (primary N) is 2. The Labute approximate surface area is 120 Å². The van der Waals surface area contributed by atoms with Gasteiger partial charge in [0.15, 0.2) is 0 Å². The van der Waals surface area contributed by atoms with E-state index in [4.69, 9.17) is 11.5 Å². The quantitative estimate of drug-likeness (QED) is 0.889. The number of aromatic nitrogens is 2. The van der Waals surface area contributed by atoms with Crippen LogP contribution < -0.4 is 11.5 Å². The summed E-state index contributed by atoms with van der Waals surface area (Å²) in [5.74, 6) is -0.777. The summed E-state index contributed by atoms with van der Waals surface area (Å²) in [5.41, 5.74) is 10.7. The average Bonchev–Trinajstić information content (AvgIpc) is 2.36. The standard InChI is InChI=1S/C14H15F3N4/c1-7(2)8-4-3-5-9(6-8)11-10(14(15,16)17)12(18)21-13(19)20-11/h3-7H,1-2H3,(H4,18,19,20,21). The Morgan fingerprint density at radius 3 is 2.33 bits per heavy atom. The second-order valence-electron chi connectivity index (χ2n) is 4.97. The summed E-state index contributed by atoms with van der Waals surface area (Å²) in [6.45, 7) is 3.90. The van der Waals surface area contributed by atoms with E-state index in [1.54, 1.807) is 18.2 Å². The second kappa shape index (κ2) is 5.23. The predicted octanol–water partition coefficient (Wildman–Crippen LogP) is 3.45. The van der Waals surface area contributed by atoms with E-state index < -0.39 is 17.6 Å². The number of alkyl halides is 3. The molecule has 1 aromatic carbocycles. The topological polar surface area (TPSA) is 77.8 Å². The maximum absolute atomic E-state index is 13.2. The molecule has 4 N–H and O–H groups in total. The number of hydrogen-bond donors (Lipinski definition) is 2. The first-order chi connectivity index (χ1) is 9.70. The highest BCUT2D eigenvalue weighted by molar-refractivity contribution is 5.70. The SMILES string of the molecule is CC(C)c1cccc(-c2nc(N)nc(N)c2C(F)(F)F)c1. The first kappa shape index (κ1) is 15.1. The van der Waals surface area contributed by atoms with Crippen LogP contribution in [0.25, 0.3) is 11.3 Å². The van der Waals surface area contributed by atoms with Crippen molar-refractivity contribution in [3.05, 3.63) is 35.4 Å². The minimum absolute atomic E-state index is 0.177. The summed E-state index contributed by atoms with van der Waals surface area (Å²) in [5, 5.41) is 0. The molecule has 2 rings (SSSR count). The molecule has 0 fully saturated rings. The van der Waals surface area contributed by atoms with E-state index in [1.165, 1.54) is 0 Å². The second-order valence-corrected chi connectivity index (χ2v) is 4.97. The van der Waals surface area contributed by atoms with E-state index in [1.807, 2.05) is 19.9 Å². The Morgan fingerprint density at radius 2 is 1.76 bits per heavy atom. The molecule has 112 valence electrons. The van der Waals surface area contributed by atoms with Gasteiger partial charge in [0.2, 0.25) is 5.95 Å². The van der Waals surface area contributed by atoms with Gasteiger partial charge in [-0.05, 0) is 17.5 Å². The van der Waals surface area contributed by atoms with Gasteiger partial charge in [-0.2, -0.15) is 18.2 Å². The van der Waals surface area contributed by atoms with Crippen LogP contribution in [0.3, 0.4) is 0 Å². The summed E-state index contributed by atoms with van der Waals surface area (Å²) in [7, 11) is 0. The largest absolute Gasteiger partial charge is 0.422 e. The zero-order valence-electron chi connectivity index (χ0n) is 11.6. The number of halogens is 3. The van der Waals surface area contributed by atoms with Gasteiger partial charge in [-0.3, -0.25) is 0 Å². The van der Waals surface area contributed by atoms with Crippen LogP contribution in [0.1, 0.15) is 30.9 Å². The summed E-state index contributed by atoms with van der Waals surface area (Å²) in [4.78, 5) is 7.15. The van der Waals surface area contributed by atoms with Crippen molar-refractivity contribution in [1.82, 2.24) is 9.97 Å². The van der Waals surface area contributed by atoms with E-state index >= 15 is 0 Å². The molecular formula is C14H15F3N4. The van der Waals surface area contributed by atoms with E-state index in [9.17, 15) is 13.2 Å². The van der Waals surface area contributed by atoms with Crippen LogP contribution in [0.5, 0.6) is 0 Å². The Hall–Kier alpha value is -2.31. The van der Waals surface area contributed by atoms with Gasteiger partial charge >= 0.3 is 6.18 Å². The van der Waals surface area contributed by atoms with E-state index in [2.05, 4.69) is 9.97 Å². The molecule has 0 radical (unpaired) electrons. The molecule has 0 amide bonds. The lowest BCUT2D eigenvalue weighted by Gasteiger charge is -2.15. The zero-order chi connectivity index (χ0) is 15.8. The Kier molecular flexibility index (Phi) is 3.76. The number of benzene rings is 1. The van der Waals surface area contributed by atoms with Crippen molar-refractivity contribution in [2.24, 2.45) is 0 Å². The van der Waals surface area contributed by atoms with Crippen LogP contribution in [-0.2, 0) is 6.18 Å². The zero-order valence-corrected chi connectivity index (χ0v) is 11.6. The summed E-state index contributed by atoms with van der Waals surface area (Å²) < 4.78 is 39.6. The summed E-state index contributed by atoms with van der Waals surface area (Å²) in [6.07, 6.45) is -4.65. The van der Waals surface area contributed by atoms with Gasteiger partial charge in [0.05, 0.1) is 5.69 Å². The molecule has 2 aromatic rings. The minimum Gasteiger partial charge on any atom is -0.383 e. The molecule has 1 aromatic heterocycles. The van der Waals surface area contributed by atoms with E-state index in [0.717, 1.165) is 5.56 Å². The van der Waals surface area contributed by atoms with Crippen LogP contribution in [0.15, 0.2) is 24.3 Å². The third-order valence-corrected chi connectivity index (χ3v) is 3.06. The molecule has 1 heterocycles. The highest BCUT2D eigenvalue weighted by Crippen LogP contribution is 2.39. The van der Waals surface area contributed by atoms with Crippen LogP contribution in [0, 0.1) is 0 Å². The lowest BCUT2D eigenvalue weighted by molar-refractivity contribution is -0.136. The summed E-state index contributed by atoms with van der Waals surface area (Å²) in [6, 6.07) is 6.72. The van der Waals surface area contributed by atoms with Crippen molar-refractivity contribution in [3.8, 4) is 11.3 Å². The fourth-order valence-electron chi connectivity index (χ4n) is 2.03. The molecule has 0 saturated heterocycles. The molecule has 0 aliphatic rings. The summed E-state index contributed by atoms with van der Waals surface area (Å²) >= 11 is 0. The minimum atomic E-state index is -4.65. The number of rotatable bonds is 2. The maximum Gasteiger partial charge on any atom is 0.422 e. The van der Waals surface area contributed by atoms with Crippen LogP contribution >= 0.6 is 0 Å². The smallest absolute Gasteiger partial charge is 0.383 e. The number of nitrogen functional groups attached to an aromatic ring is 2. The van der Waals surface area contributed by atoms with E-state index in [-0.39, 0.29) is 17.6 Å². The maximum atomic E-state index is 13.2. The molecule has 0 spiro atoms. The van der Waals surface area contributed by atoms with Crippen molar-refractivity contribution in [1.29, 1.82) is 0 Å². The molecule has 4 nitrogen and oxygen atoms in total. The van der Waals surface area contributed by atoms with Crippen LogP contribution in [0.2, 0.25) is 0 Å². The lowest BCUT2D eigenvalue weighted by atomic mass is 9.98. The van der Waals surface area contributed by atoms with Crippen LogP contribution in [0.4, 0.5) is 24.9 Å². The van der Waals surface area contributed by atoms with Gasteiger partial charge in [-0.1, -0.05) is 32.0 Å². The average molecular weight is 296 g/mol. The molecule has 0 atom stereocenters. The predicted molar refractivity (Wildman–Crippen MR) is 75.4 cm³/mol. The van der Waals surface area contributed by atoms with Gasteiger partial charge in [0.1, 0.15) is 11.4 Å². The number of anilines is 2. The molecular weight excluding hydrogens is 281 g/mol. The normalized spacial score (nSPS) is 11.9. The molecule has 0 aliphatic heterocycles. The van der Waals surface area contributed by atoms with E-state index in [0.29, 0.717) is 5.56 Å². The third-order valence-electron chi connectivity index (χ3n) is 3.06. The fraction of sp³-hybridized carbons (Fsp3) is 0.286. The highest BCUT2D eigenvalue weighted by Gasteiger charge is 2.38. The van der Waals surface area contributed by atoms with Crippen molar-refractivity contribution < 1.29 is 13.2 Å². The van der Waals surface area contributed by atoms with Gasteiger partial charge in [-0.15, -0.1) is 0 Å². The highest BCUT2D eigenvalue weighted by atomic mass is 19.4.